The van der Waals surface area contributed by atoms with E-state index in [0.29, 0.717) is 17.4 Å². The third-order valence-corrected chi connectivity index (χ3v) is 6.76. The third-order valence-electron chi connectivity index (χ3n) is 4.93. The number of amides is 1. The topological polar surface area (TPSA) is 86.7 Å². The van der Waals surface area contributed by atoms with Crippen LogP contribution in [0.25, 0.3) is 16.4 Å². The van der Waals surface area contributed by atoms with E-state index in [9.17, 15) is 9.59 Å². The highest BCUT2D eigenvalue weighted by molar-refractivity contribution is 7.99. The van der Waals surface area contributed by atoms with Gasteiger partial charge in [0.25, 0.3) is 5.56 Å². The molecule has 0 saturated carbocycles. The van der Waals surface area contributed by atoms with Gasteiger partial charge < -0.3 is 9.88 Å². The minimum Gasteiger partial charge on any atom is -0.319 e. The molecule has 1 amide bonds. The second-order valence-corrected chi connectivity index (χ2v) is 8.69. The van der Waals surface area contributed by atoms with E-state index in [1.165, 1.54) is 11.8 Å². The number of thioether (sulfide) groups is 1. The molecule has 0 aliphatic rings. The molecule has 31 heavy (non-hydrogen) atoms. The smallest absolute Gasteiger partial charge is 0.295 e. The van der Waals surface area contributed by atoms with Crippen molar-refractivity contribution < 1.29 is 4.79 Å². The molecule has 3 heterocycles. The van der Waals surface area contributed by atoms with Gasteiger partial charge >= 0.3 is 0 Å². The molecular weight excluding hydrogens is 432 g/mol. The average molecular weight is 455 g/mol. The van der Waals surface area contributed by atoms with Gasteiger partial charge in [0.1, 0.15) is 5.69 Å². The first kappa shape index (κ1) is 21.1. The normalized spacial score (nSPS) is 11.1. The van der Waals surface area contributed by atoms with E-state index in [0.717, 1.165) is 16.4 Å². The Bertz CT molecular complexity index is 1260. The molecule has 4 aromatic rings. The minimum absolute atomic E-state index is 0.127. The van der Waals surface area contributed by atoms with Crippen molar-refractivity contribution in [2.75, 3.05) is 11.1 Å². The van der Waals surface area contributed by atoms with Crippen LogP contribution in [0.2, 0.25) is 0 Å². The highest BCUT2D eigenvalue weighted by atomic mass is 32.2. The second kappa shape index (κ2) is 8.94. The van der Waals surface area contributed by atoms with Crippen LogP contribution < -0.4 is 10.9 Å². The summed E-state index contributed by atoms with van der Waals surface area (Å²) in [5.74, 6) is 0.659. The zero-order valence-electron chi connectivity index (χ0n) is 17.4. The zero-order chi connectivity index (χ0) is 22.0. The molecule has 0 bridgehead atoms. The molecule has 8 nitrogen and oxygen atoms in total. The standard InChI is InChI=1S/C21H22N6O2S2/c1-4-26-19(16-11-8-12-30-16)23-24-21(26)31-13-17(28)22-18-14(2)25(3)27(20(18)29)15-9-6-5-7-10-15/h5-12H,4,13H2,1-3H3,(H,22,28). The van der Waals surface area contributed by atoms with Gasteiger partial charge in [-0.25, -0.2) is 4.68 Å². The van der Waals surface area contributed by atoms with Crippen LogP contribution in [0.3, 0.4) is 0 Å². The third kappa shape index (κ3) is 4.08. The summed E-state index contributed by atoms with van der Waals surface area (Å²) in [5.41, 5.74) is 1.45. The molecule has 3 aromatic heterocycles. The molecule has 4 rings (SSSR count). The number of thiophene rings is 1. The van der Waals surface area contributed by atoms with Crippen LogP contribution in [0, 0.1) is 6.92 Å². The number of anilines is 1. The highest BCUT2D eigenvalue weighted by Gasteiger charge is 2.19. The van der Waals surface area contributed by atoms with E-state index in [-0.39, 0.29) is 22.9 Å². The van der Waals surface area contributed by atoms with E-state index in [2.05, 4.69) is 15.5 Å². The van der Waals surface area contributed by atoms with Gasteiger partial charge in [-0.3, -0.25) is 14.3 Å². The van der Waals surface area contributed by atoms with Crippen LogP contribution in [-0.2, 0) is 18.4 Å². The Morgan fingerprint density at radius 2 is 1.94 bits per heavy atom. The molecule has 0 spiro atoms. The maximum Gasteiger partial charge on any atom is 0.295 e. The van der Waals surface area contributed by atoms with Crippen LogP contribution in [-0.4, -0.2) is 35.8 Å². The predicted molar refractivity (Wildman–Crippen MR) is 124 cm³/mol. The van der Waals surface area contributed by atoms with Crippen LogP contribution in [0.1, 0.15) is 12.6 Å². The lowest BCUT2D eigenvalue weighted by molar-refractivity contribution is -0.113. The summed E-state index contributed by atoms with van der Waals surface area (Å²) < 4.78 is 5.26. The Balaban J connectivity index is 1.50. The number of nitrogens with zero attached hydrogens (tertiary/aromatic N) is 5. The van der Waals surface area contributed by atoms with Crippen LogP contribution in [0.4, 0.5) is 5.69 Å². The van der Waals surface area contributed by atoms with Crippen molar-refractivity contribution in [3.05, 3.63) is 63.9 Å². The van der Waals surface area contributed by atoms with E-state index in [1.54, 1.807) is 27.7 Å². The number of carbonyl (C=O) groups is 1. The van der Waals surface area contributed by atoms with Crippen LogP contribution >= 0.6 is 23.1 Å². The van der Waals surface area contributed by atoms with Crippen molar-refractivity contribution in [1.82, 2.24) is 24.1 Å². The SMILES string of the molecule is CCn1c(SCC(=O)Nc2c(C)n(C)n(-c3ccccc3)c2=O)nnc1-c1cccs1. The lowest BCUT2D eigenvalue weighted by atomic mass is 10.3. The Hall–Kier alpha value is -3.11. The van der Waals surface area contributed by atoms with E-state index in [1.807, 2.05) is 66.3 Å². The fraction of sp³-hybridized carbons (Fsp3) is 0.238. The lowest BCUT2D eigenvalue weighted by Gasteiger charge is -2.07. The van der Waals surface area contributed by atoms with E-state index in [4.69, 9.17) is 0 Å². The predicted octanol–water partition coefficient (Wildman–Crippen LogP) is 3.56. The number of rotatable bonds is 7. The first-order valence-corrected chi connectivity index (χ1v) is 11.6. The molecule has 1 aromatic carbocycles. The maximum absolute atomic E-state index is 13.0. The molecule has 10 heteroatoms. The van der Waals surface area contributed by atoms with Crippen molar-refractivity contribution >= 4 is 34.7 Å². The van der Waals surface area contributed by atoms with Crippen LogP contribution in [0.5, 0.6) is 0 Å². The van der Waals surface area contributed by atoms with E-state index >= 15 is 0 Å². The number of benzene rings is 1. The quantitative estimate of drug-likeness (QED) is 0.432. The Kier molecular flexibility index (Phi) is 6.10. The highest BCUT2D eigenvalue weighted by Crippen LogP contribution is 2.27. The summed E-state index contributed by atoms with van der Waals surface area (Å²) in [6.45, 7) is 4.53. The van der Waals surface area contributed by atoms with Crippen molar-refractivity contribution in [3.63, 3.8) is 0 Å². The molecule has 0 unspecified atom stereocenters. The average Bonchev–Trinajstić information content (AvgIpc) is 3.49. The molecule has 0 aliphatic heterocycles. The summed E-state index contributed by atoms with van der Waals surface area (Å²) in [6, 6.07) is 13.3. The van der Waals surface area contributed by atoms with E-state index < -0.39 is 0 Å². The van der Waals surface area contributed by atoms with Gasteiger partial charge in [-0.15, -0.1) is 21.5 Å². The van der Waals surface area contributed by atoms with Gasteiger partial charge in [-0.05, 0) is 37.4 Å². The molecule has 0 fully saturated rings. The summed E-state index contributed by atoms with van der Waals surface area (Å²) in [6.07, 6.45) is 0. The first-order valence-electron chi connectivity index (χ1n) is 9.75. The number of nitrogens with one attached hydrogen (secondary N) is 1. The van der Waals surface area contributed by atoms with Gasteiger partial charge in [0.05, 0.1) is 22.0 Å². The van der Waals surface area contributed by atoms with Crippen molar-refractivity contribution in [2.45, 2.75) is 25.5 Å². The number of aromatic nitrogens is 5. The van der Waals surface area contributed by atoms with Gasteiger partial charge in [0.15, 0.2) is 11.0 Å². The summed E-state index contributed by atoms with van der Waals surface area (Å²) in [7, 11) is 1.80. The summed E-state index contributed by atoms with van der Waals surface area (Å²) >= 11 is 2.90. The fourth-order valence-electron chi connectivity index (χ4n) is 3.29. The lowest BCUT2D eigenvalue weighted by Crippen LogP contribution is -2.23. The molecule has 0 radical (unpaired) electrons. The Morgan fingerprint density at radius 1 is 1.16 bits per heavy atom. The molecule has 1 N–H and O–H groups in total. The van der Waals surface area contributed by atoms with Crippen molar-refractivity contribution in [3.8, 4) is 16.4 Å². The minimum atomic E-state index is -0.265. The maximum atomic E-state index is 13.0. The first-order chi connectivity index (χ1) is 15.0. The monoisotopic (exact) mass is 454 g/mol. The zero-order valence-corrected chi connectivity index (χ0v) is 19.0. The van der Waals surface area contributed by atoms with Crippen LogP contribution in [0.15, 0.2) is 57.8 Å². The number of para-hydroxylation sites is 1. The fourth-order valence-corrected chi connectivity index (χ4v) is 4.81. The number of hydrogen-bond donors (Lipinski definition) is 1. The van der Waals surface area contributed by atoms with Crippen molar-refractivity contribution in [1.29, 1.82) is 0 Å². The summed E-state index contributed by atoms with van der Waals surface area (Å²) in [5, 5.41) is 14.0. The van der Waals surface area contributed by atoms with Crippen molar-refractivity contribution in [2.24, 2.45) is 7.05 Å². The van der Waals surface area contributed by atoms with Gasteiger partial charge in [-0.1, -0.05) is 36.0 Å². The Morgan fingerprint density at radius 3 is 2.61 bits per heavy atom. The second-order valence-electron chi connectivity index (χ2n) is 6.80. The number of carbonyl (C=O) groups excluding carboxylic acids is 1. The molecule has 0 atom stereocenters. The molecule has 160 valence electrons. The van der Waals surface area contributed by atoms with Gasteiger partial charge in [0.2, 0.25) is 5.91 Å². The van der Waals surface area contributed by atoms with Gasteiger partial charge in [-0.2, -0.15) is 0 Å². The number of hydrogen-bond acceptors (Lipinski definition) is 6. The molecular formula is C21H22N6O2S2. The van der Waals surface area contributed by atoms with Gasteiger partial charge in [0, 0.05) is 13.6 Å². The molecule has 0 aliphatic carbocycles. The summed E-state index contributed by atoms with van der Waals surface area (Å²) in [4.78, 5) is 26.6. The largest absolute Gasteiger partial charge is 0.319 e. The molecule has 0 saturated heterocycles. The Labute approximate surface area is 187 Å².